The van der Waals surface area contributed by atoms with Gasteiger partial charge in [-0.05, 0) is 22.9 Å². The second kappa shape index (κ2) is 3.67. The first-order valence-corrected chi connectivity index (χ1v) is 3.97. The molecule has 1 heterocycles. The molecule has 60 valence electrons. The van der Waals surface area contributed by atoms with Gasteiger partial charge < -0.3 is 4.74 Å². The zero-order valence-corrected chi connectivity index (χ0v) is 7.56. The molecule has 1 rings (SSSR count). The zero-order chi connectivity index (χ0) is 8.27. The first-order chi connectivity index (χ1) is 5.24. The van der Waals surface area contributed by atoms with Gasteiger partial charge in [-0.3, -0.25) is 0 Å². The van der Waals surface area contributed by atoms with E-state index >= 15 is 0 Å². The average Bonchev–Trinajstić information content (AvgIpc) is 1.98. The van der Waals surface area contributed by atoms with Crippen LogP contribution in [0.2, 0.25) is 0 Å². The maximum atomic E-state index is 12.5. The van der Waals surface area contributed by atoms with Gasteiger partial charge in [0.1, 0.15) is 5.75 Å². The van der Waals surface area contributed by atoms with E-state index in [9.17, 15) is 4.39 Å². The lowest BCUT2D eigenvalue weighted by molar-refractivity contribution is 0.337. The van der Waals surface area contributed by atoms with E-state index in [1.165, 1.54) is 6.20 Å². The normalized spacial score (nSPS) is 9.73. The number of aromatic nitrogens is 1. The van der Waals surface area contributed by atoms with Crippen molar-refractivity contribution in [3.63, 3.8) is 0 Å². The first kappa shape index (κ1) is 8.46. The van der Waals surface area contributed by atoms with Crippen LogP contribution in [0.3, 0.4) is 0 Å². The Morgan fingerprint density at radius 3 is 3.00 bits per heavy atom. The van der Waals surface area contributed by atoms with Crippen LogP contribution in [0.25, 0.3) is 0 Å². The Morgan fingerprint density at radius 2 is 2.45 bits per heavy atom. The minimum absolute atomic E-state index is 0.323. The summed E-state index contributed by atoms with van der Waals surface area (Å²) in [5, 5.41) is 0. The van der Waals surface area contributed by atoms with Crippen LogP contribution < -0.4 is 4.74 Å². The lowest BCUT2D eigenvalue weighted by Crippen LogP contribution is -1.93. The first-order valence-electron chi connectivity index (χ1n) is 3.18. The van der Waals surface area contributed by atoms with Crippen LogP contribution in [0.15, 0.2) is 16.7 Å². The summed E-state index contributed by atoms with van der Waals surface area (Å²) < 4.78 is 17.9. The van der Waals surface area contributed by atoms with Gasteiger partial charge in [0.2, 0.25) is 5.95 Å². The molecule has 0 aliphatic heterocycles. The summed E-state index contributed by atoms with van der Waals surface area (Å²) >= 11 is 3.00. The minimum atomic E-state index is -0.520. The van der Waals surface area contributed by atoms with Gasteiger partial charge in [0.05, 0.1) is 17.3 Å². The molecule has 0 aliphatic rings. The van der Waals surface area contributed by atoms with Crippen molar-refractivity contribution in [3.05, 3.63) is 22.7 Å². The molecule has 0 aliphatic carbocycles. The SMILES string of the molecule is CCOc1cnc(F)c(Br)c1. The number of rotatable bonds is 2. The summed E-state index contributed by atoms with van der Waals surface area (Å²) in [5.74, 6) is 0.0502. The van der Waals surface area contributed by atoms with Gasteiger partial charge in [-0.2, -0.15) is 4.39 Å². The Kier molecular flexibility index (Phi) is 2.82. The Bertz CT molecular complexity index is 254. The summed E-state index contributed by atoms with van der Waals surface area (Å²) in [6, 6.07) is 1.55. The molecule has 1 aromatic heterocycles. The summed E-state index contributed by atoms with van der Waals surface area (Å²) in [5.41, 5.74) is 0. The Labute approximate surface area is 72.5 Å². The monoisotopic (exact) mass is 219 g/mol. The Hall–Kier alpha value is -0.640. The highest BCUT2D eigenvalue weighted by Crippen LogP contribution is 2.18. The molecule has 0 radical (unpaired) electrons. The second-order valence-electron chi connectivity index (χ2n) is 1.88. The van der Waals surface area contributed by atoms with Crippen LogP contribution in [0, 0.1) is 5.95 Å². The summed E-state index contributed by atoms with van der Waals surface area (Å²) in [4.78, 5) is 3.46. The van der Waals surface area contributed by atoms with Gasteiger partial charge >= 0.3 is 0 Å². The quantitative estimate of drug-likeness (QED) is 0.714. The van der Waals surface area contributed by atoms with Crippen molar-refractivity contribution in [1.29, 1.82) is 0 Å². The summed E-state index contributed by atoms with van der Waals surface area (Å²) in [6.45, 7) is 2.41. The highest BCUT2D eigenvalue weighted by molar-refractivity contribution is 9.10. The van der Waals surface area contributed by atoms with E-state index in [1.54, 1.807) is 6.07 Å². The second-order valence-corrected chi connectivity index (χ2v) is 2.73. The summed E-state index contributed by atoms with van der Waals surface area (Å²) in [6.07, 6.45) is 1.35. The number of ether oxygens (including phenoxy) is 1. The number of halogens is 2. The predicted octanol–water partition coefficient (Wildman–Crippen LogP) is 2.38. The lowest BCUT2D eigenvalue weighted by atomic mass is 10.4. The molecular formula is C7H7BrFNO. The van der Waals surface area contributed by atoms with E-state index < -0.39 is 5.95 Å². The van der Waals surface area contributed by atoms with Gasteiger partial charge in [-0.15, -0.1) is 0 Å². The van der Waals surface area contributed by atoms with Crippen LogP contribution in [0.1, 0.15) is 6.92 Å². The van der Waals surface area contributed by atoms with Gasteiger partial charge in [-0.1, -0.05) is 0 Å². The van der Waals surface area contributed by atoms with Crippen LogP contribution in [-0.2, 0) is 0 Å². The van der Waals surface area contributed by atoms with Crippen LogP contribution in [0.4, 0.5) is 4.39 Å². The number of hydrogen-bond donors (Lipinski definition) is 0. The van der Waals surface area contributed by atoms with E-state index in [2.05, 4.69) is 20.9 Å². The topological polar surface area (TPSA) is 22.1 Å². The van der Waals surface area contributed by atoms with Crippen molar-refractivity contribution in [3.8, 4) is 5.75 Å². The smallest absolute Gasteiger partial charge is 0.227 e. The van der Waals surface area contributed by atoms with E-state index in [0.717, 1.165) is 0 Å². The maximum absolute atomic E-state index is 12.5. The molecule has 0 N–H and O–H groups in total. The third kappa shape index (κ3) is 2.15. The van der Waals surface area contributed by atoms with Crippen molar-refractivity contribution in [1.82, 2.24) is 4.98 Å². The number of pyridine rings is 1. The molecule has 0 fully saturated rings. The van der Waals surface area contributed by atoms with Crippen LogP contribution >= 0.6 is 15.9 Å². The fourth-order valence-corrected chi connectivity index (χ4v) is 0.977. The van der Waals surface area contributed by atoms with Crippen molar-refractivity contribution < 1.29 is 9.13 Å². The zero-order valence-electron chi connectivity index (χ0n) is 5.97. The fourth-order valence-electron chi connectivity index (χ4n) is 0.649. The van der Waals surface area contributed by atoms with Crippen LogP contribution in [0.5, 0.6) is 5.75 Å². The molecule has 0 atom stereocenters. The Morgan fingerprint density at radius 1 is 1.73 bits per heavy atom. The van der Waals surface area contributed by atoms with Gasteiger partial charge in [0.15, 0.2) is 0 Å². The molecule has 11 heavy (non-hydrogen) atoms. The molecule has 0 spiro atoms. The van der Waals surface area contributed by atoms with Crippen molar-refractivity contribution >= 4 is 15.9 Å². The molecular weight excluding hydrogens is 213 g/mol. The molecule has 2 nitrogen and oxygen atoms in total. The van der Waals surface area contributed by atoms with Gasteiger partial charge in [-0.25, -0.2) is 4.98 Å². The molecule has 4 heteroatoms. The standard InChI is InChI=1S/C7H7BrFNO/c1-2-11-5-3-6(8)7(9)10-4-5/h3-4H,2H2,1H3. The molecule has 0 bridgehead atoms. The average molecular weight is 220 g/mol. The van der Waals surface area contributed by atoms with E-state index in [4.69, 9.17) is 4.74 Å². The van der Waals surface area contributed by atoms with Crippen LogP contribution in [-0.4, -0.2) is 11.6 Å². The van der Waals surface area contributed by atoms with Gasteiger partial charge in [0.25, 0.3) is 0 Å². The largest absolute Gasteiger partial charge is 0.492 e. The molecule has 0 saturated heterocycles. The van der Waals surface area contributed by atoms with Crippen molar-refractivity contribution in [2.75, 3.05) is 6.61 Å². The van der Waals surface area contributed by atoms with E-state index in [0.29, 0.717) is 16.8 Å². The van der Waals surface area contributed by atoms with Gasteiger partial charge in [0, 0.05) is 6.07 Å². The van der Waals surface area contributed by atoms with Crippen molar-refractivity contribution in [2.45, 2.75) is 6.92 Å². The maximum Gasteiger partial charge on any atom is 0.227 e. The summed E-state index contributed by atoms with van der Waals surface area (Å²) in [7, 11) is 0. The highest BCUT2D eigenvalue weighted by Gasteiger charge is 2.00. The molecule has 0 unspecified atom stereocenters. The minimum Gasteiger partial charge on any atom is -0.492 e. The third-order valence-corrected chi connectivity index (χ3v) is 1.64. The number of nitrogens with zero attached hydrogens (tertiary/aromatic N) is 1. The number of hydrogen-bond acceptors (Lipinski definition) is 2. The highest BCUT2D eigenvalue weighted by atomic mass is 79.9. The fraction of sp³-hybridized carbons (Fsp3) is 0.286. The lowest BCUT2D eigenvalue weighted by Gasteiger charge is -2.01. The molecule has 0 amide bonds. The van der Waals surface area contributed by atoms with Crippen molar-refractivity contribution in [2.24, 2.45) is 0 Å². The molecule has 0 saturated carbocycles. The Balaban J connectivity index is 2.86. The third-order valence-electron chi connectivity index (χ3n) is 1.08. The van der Waals surface area contributed by atoms with E-state index in [-0.39, 0.29) is 0 Å². The van der Waals surface area contributed by atoms with E-state index in [1.807, 2.05) is 6.92 Å². The molecule has 1 aromatic rings. The molecule has 0 aromatic carbocycles. The predicted molar refractivity (Wildman–Crippen MR) is 43.1 cm³/mol.